The molecule has 2 aliphatic heterocycles. The van der Waals surface area contributed by atoms with Crippen molar-refractivity contribution in [1.29, 1.82) is 5.26 Å². The normalized spacial score (nSPS) is 19.1. The summed E-state index contributed by atoms with van der Waals surface area (Å²) in [5, 5.41) is 9.34. The number of anilines is 1. The first kappa shape index (κ1) is 17.2. The second kappa shape index (κ2) is 7.58. The van der Waals surface area contributed by atoms with Crippen molar-refractivity contribution in [2.45, 2.75) is 12.5 Å². The molecule has 27 heavy (non-hydrogen) atoms. The molecule has 1 fully saturated rings. The highest BCUT2D eigenvalue weighted by molar-refractivity contribution is 5.82. The number of nitriles is 1. The van der Waals surface area contributed by atoms with Gasteiger partial charge in [0.15, 0.2) is 11.5 Å². The molecule has 0 aromatic heterocycles. The minimum atomic E-state index is -0.613. The lowest BCUT2D eigenvalue weighted by Gasteiger charge is -2.30. The van der Waals surface area contributed by atoms with Crippen LogP contribution in [0.4, 0.5) is 5.69 Å². The summed E-state index contributed by atoms with van der Waals surface area (Å²) < 4.78 is 11.5. The predicted molar refractivity (Wildman–Crippen MR) is 101 cm³/mol. The van der Waals surface area contributed by atoms with Crippen molar-refractivity contribution < 1.29 is 14.3 Å². The van der Waals surface area contributed by atoms with Crippen LogP contribution < -0.4 is 14.4 Å². The number of para-hydroxylation sites is 3. The van der Waals surface area contributed by atoms with Crippen molar-refractivity contribution >= 4 is 11.6 Å². The molecule has 4 rings (SSSR count). The minimum absolute atomic E-state index is 0.0417. The van der Waals surface area contributed by atoms with Gasteiger partial charge in [-0.25, -0.2) is 0 Å². The van der Waals surface area contributed by atoms with E-state index in [1.165, 1.54) is 0 Å². The molecule has 1 saturated heterocycles. The SMILES string of the molecule is N#Cc1ccccc1N1CCCN(C(=O)C2COc3ccccc3O2)CC1. The van der Waals surface area contributed by atoms with Gasteiger partial charge >= 0.3 is 0 Å². The number of fused-ring (bicyclic) bond motifs is 1. The van der Waals surface area contributed by atoms with Crippen LogP contribution in [0.3, 0.4) is 0 Å². The Bertz CT molecular complexity index is 877. The lowest BCUT2D eigenvalue weighted by Crippen LogP contribution is -2.47. The van der Waals surface area contributed by atoms with Crippen molar-refractivity contribution in [3.05, 3.63) is 54.1 Å². The Balaban J connectivity index is 1.43. The number of amides is 1. The molecule has 0 bridgehead atoms. The number of rotatable bonds is 2. The number of carbonyl (C=O) groups excluding carboxylic acids is 1. The first-order valence-corrected chi connectivity index (χ1v) is 9.17. The van der Waals surface area contributed by atoms with Crippen molar-refractivity contribution in [2.24, 2.45) is 0 Å². The van der Waals surface area contributed by atoms with E-state index in [1.807, 2.05) is 53.4 Å². The number of benzene rings is 2. The summed E-state index contributed by atoms with van der Waals surface area (Å²) in [6, 6.07) is 17.3. The summed E-state index contributed by atoms with van der Waals surface area (Å²) in [5.41, 5.74) is 1.60. The molecular formula is C21H21N3O3. The first-order chi connectivity index (χ1) is 13.3. The van der Waals surface area contributed by atoms with Crippen LogP contribution in [-0.2, 0) is 4.79 Å². The maximum Gasteiger partial charge on any atom is 0.267 e. The van der Waals surface area contributed by atoms with E-state index in [-0.39, 0.29) is 12.5 Å². The zero-order valence-electron chi connectivity index (χ0n) is 15.0. The molecule has 1 atom stereocenters. The lowest BCUT2D eigenvalue weighted by molar-refractivity contribution is -0.141. The van der Waals surface area contributed by atoms with Crippen molar-refractivity contribution in [3.8, 4) is 17.6 Å². The molecule has 0 spiro atoms. The topological polar surface area (TPSA) is 65.8 Å². The molecule has 2 aromatic rings. The second-order valence-electron chi connectivity index (χ2n) is 6.66. The Morgan fingerprint density at radius 1 is 1.00 bits per heavy atom. The molecule has 1 amide bonds. The molecule has 2 heterocycles. The van der Waals surface area contributed by atoms with Crippen LogP contribution >= 0.6 is 0 Å². The van der Waals surface area contributed by atoms with Crippen LogP contribution in [0.1, 0.15) is 12.0 Å². The summed E-state index contributed by atoms with van der Waals surface area (Å²) in [6.45, 7) is 3.00. The van der Waals surface area contributed by atoms with Gasteiger partial charge in [0, 0.05) is 26.2 Å². The highest BCUT2D eigenvalue weighted by Crippen LogP contribution is 2.31. The summed E-state index contributed by atoms with van der Waals surface area (Å²) in [6.07, 6.45) is 0.230. The fourth-order valence-corrected chi connectivity index (χ4v) is 3.57. The third-order valence-electron chi connectivity index (χ3n) is 4.96. The van der Waals surface area contributed by atoms with E-state index >= 15 is 0 Å². The van der Waals surface area contributed by atoms with Crippen LogP contribution in [0.25, 0.3) is 0 Å². The zero-order chi connectivity index (χ0) is 18.6. The van der Waals surface area contributed by atoms with Crippen molar-refractivity contribution in [2.75, 3.05) is 37.7 Å². The van der Waals surface area contributed by atoms with Gasteiger partial charge in [-0.3, -0.25) is 4.79 Å². The quantitative estimate of drug-likeness (QED) is 0.820. The molecule has 0 N–H and O–H groups in total. The monoisotopic (exact) mass is 363 g/mol. The van der Waals surface area contributed by atoms with E-state index in [4.69, 9.17) is 9.47 Å². The van der Waals surface area contributed by atoms with Gasteiger partial charge in [-0.05, 0) is 30.7 Å². The molecule has 0 aliphatic carbocycles. The summed E-state index contributed by atoms with van der Waals surface area (Å²) in [7, 11) is 0. The van der Waals surface area contributed by atoms with Gasteiger partial charge in [0.1, 0.15) is 12.7 Å². The van der Waals surface area contributed by atoms with Crippen molar-refractivity contribution in [1.82, 2.24) is 4.90 Å². The third-order valence-corrected chi connectivity index (χ3v) is 4.96. The average Bonchev–Trinajstić information content (AvgIpc) is 2.99. The number of hydrogen-bond acceptors (Lipinski definition) is 5. The Morgan fingerprint density at radius 2 is 1.78 bits per heavy atom. The van der Waals surface area contributed by atoms with Gasteiger partial charge in [-0.15, -0.1) is 0 Å². The van der Waals surface area contributed by atoms with E-state index in [2.05, 4.69) is 11.0 Å². The molecule has 6 heteroatoms. The standard InChI is InChI=1S/C21H21N3O3/c22-14-16-6-1-2-7-17(16)23-10-5-11-24(13-12-23)21(25)20-15-26-18-8-3-4-9-19(18)27-20/h1-4,6-9,20H,5,10-13,15H2. The Hall–Kier alpha value is -3.20. The summed E-state index contributed by atoms with van der Waals surface area (Å²) in [5.74, 6) is 1.25. The highest BCUT2D eigenvalue weighted by Gasteiger charge is 2.32. The number of hydrogen-bond donors (Lipinski definition) is 0. The predicted octanol–water partition coefficient (Wildman–Crippen LogP) is 2.44. The van der Waals surface area contributed by atoms with Gasteiger partial charge in [0.2, 0.25) is 6.10 Å². The van der Waals surface area contributed by atoms with E-state index in [1.54, 1.807) is 0 Å². The zero-order valence-corrected chi connectivity index (χ0v) is 15.0. The number of nitrogens with zero attached hydrogens (tertiary/aromatic N) is 3. The Kier molecular flexibility index (Phi) is 4.84. The fourth-order valence-electron chi connectivity index (χ4n) is 3.57. The van der Waals surface area contributed by atoms with Crippen LogP contribution in [0.5, 0.6) is 11.5 Å². The second-order valence-corrected chi connectivity index (χ2v) is 6.66. The van der Waals surface area contributed by atoms with Gasteiger partial charge in [-0.1, -0.05) is 24.3 Å². The molecule has 0 radical (unpaired) electrons. The van der Waals surface area contributed by atoms with Crippen LogP contribution in [0.2, 0.25) is 0 Å². The van der Waals surface area contributed by atoms with Gasteiger partial charge in [0.25, 0.3) is 5.91 Å². The maximum atomic E-state index is 12.9. The Labute approximate surface area is 158 Å². The summed E-state index contributed by atoms with van der Waals surface area (Å²) in [4.78, 5) is 17.0. The first-order valence-electron chi connectivity index (χ1n) is 9.17. The largest absolute Gasteiger partial charge is 0.485 e. The van der Waals surface area contributed by atoms with Gasteiger partial charge in [-0.2, -0.15) is 5.26 Å². The van der Waals surface area contributed by atoms with E-state index in [0.29, 0.717) is 36.7 Å². The number of carbonyl (C=O) groups is 1. The lowest BCUT2D eigenvalue weighted by atomic mass is 10.1. The molecular weight excluding hydrogens is 342 g/mol. The molecule has 2 aliphatic rings. The third kappa shape index (κ3) is 3.54. The molecule has 1 unspecified atom stereocenters. The smallest absolute Gasteiger partial charge is 0.267 e. The number of ether oxygens (including phenoxy) is 2. The van der Waals surface area contributed by atoms with E-state index in [9.17, 15) is 10.1 Å². The van der Waals surface area contributed by atoms with Crippen LogP contribution in [0, 0.1) is 11.3 Å². The molecule has 2 aromatic carbocycles. The average molecular weight is 363 g/mol. The molecule has 138 valence electrons. The van der Waals surface area contributed by atoms with Crippen LogP contribution in [-0.4, -0.2) is 49.7 Å². The Morgan fingerprint density at radius 3 is 2.63 bits per heavy atom. The van der Waals surface area contributed by atoms with Gasteiger partial charge < -0.3 is 19.3 Å². The highest BCUT2D eigenvalue weighted by atomic mass is 16.6. The minimum Gasteiger partial charge on any atom is -0.485 e. The molecule has 6 nitrogen and oxygen atoms in total. The fraction of sp³-hybridized carbons (Fsp3) is 0.333. The van der Waals surface area contributed by atoms with Crippen molar-refractivity contribution in [3.63, 3.8) is 0 Å². The maximum absolute atomic E-state index is 12.9. The van der Waals surface area contributed by atoms with E-state index in [0.717, 1.165) is 18.7 Å². The van der Waals surface area contributed by atoms with E-state index < -0.39 is 6.10 Å². The van der Waals surface area contributed by atoms with Crippen LogP contribution in [0.15, 0.2) is 48.5 Å². The molecule has 0 saturated carbocycles. The summed E-state index contributed by atoms with van der Waals surface area (Å²) >= 11 is 0. The van der Waals surface area contributed by atoms with Gasteiger partial charge in [0.05, 0.1) is 11.3 Å².